The van der Waals surface area contributed by atoms with Crippen molar-refractivity contribution >= 4 is 27.5 Å². The summed E-state index contributed by atoms with van der Waals surface area (Å²) in [7, 11) is 1.48. The Morgan fingerprint density at radius 2 is 2.12 bits per heavy atom. The van der Waals surface area contributed by atoms with Gasteiger partial charge < -0.3 is 14.4 Å². The van der Waals surface area contributed by atoms with Crippen molar-refractivity contribution < 1.29 is 14.4 Å². The van der Waals surface area contributed by atoms with Gasteiger partial charge in [-0.05, 0) is 17.3 Å². The first-order valence-corrected chi connectivity index (χ1v) is 6.13. The molecule has 90 valence electrons. The van der Waals surface area contributed by atoms with Gasteiger partial charge in [-0.3, -0.25) is 0 Å². The van der Waals surface area contributed by atoms with Crippen LogP contribution in [-0.2, 0) is 9.68 Å². The van der Waals surface area contributed by atoms with Crippen LogP contribution in [0.3, 0.4) is 0 Å². The van der Waals surface area contributed by atoms with E-state index in [0.29, 0.717) is 29.3 Å². The maximum absolute atomic E-state index is 5.52. The van der Waals surface area contributed by atoms with Gasteiger partial charge in [0.25, 0.3) is 5.90 Å². The molecule has 0 atom stereocenters. The van der Waals surface area contributed by atoms with Crippen LogP contribution in [0, 0.1) is 0 Å². The van der Waals surface area contributed by atoms with Gasteiger partial charge >= 0.3 is 0 Å². The lowest BCUT2D eigenvalue weighted by Gasteiger charge is -1.98. The maximum Gasteiger partial charge on any atom is 0.286 e. The molecule has 2 rings (SSSR count). The molecule has 17 heavy (non-hydrogen) atoms. The predicted octanol–water partition coefficient (Wildman–Crippen LogP) is 2.15. The number of para-hydroxylation sites is 1. The smallest absolute Gasteiger partial charge is 0.286 e. The van der Waals surface area contributed by atoms with Gasteiger partial charge in [-0.15, -0.1) is 0 Å². The van der Waals surface area contributed by atoms with Crippen LogP contribution < -0.4 is 4.74 Å². The normalized spacial score (nSPS) is 18.0. The molecule has 1 aliphatic heterocycles. The number of halogens is 1. The third-order valence-electron chi connectivity index (χ3n) is 2.05. The zero-order chi connectivity index (χ0) is 12.1. The Hall–Kier alpha value is -1.56. The van der Waals surface area contributed by atoms with Gasteiger partial charge in [-0.1, -0.05) is 33.2 Å². The molecule has 0 N–H and O–H groups in total. The van der Waals surface area contributed by atoms with E-state index < -0.39 is 0 Å². The molecule has 1 aliphatic rings. The molecule has 1 aromatic rings. The molecule has 0 amide bonds. The highest BCUT2D eigenvalue weighted by atomic mass is 79.9. The van der Waals surface area contributed by atoms with Crippen LogP contribution in [0.25, 0.3) is 0 Å². The van der Waals surface area contributed by atoms with Crippen LogP contribution in [0.2, 0.25) is 0 Å². The van der Waals surface area contributed by atoms with E-state index >= 15 is 0 Å². The lowest BCUT2D eigenvalue weighted by atomic mass is 10.1. The van der Waals surface area contributed by atoms with Crippen molar-refractivity contribution in [3.63, 3.8) is 0 Å². The number of nitrogens with zero attached hydrogens (tertiary/aromatic N) is 2. The zero-order valence-corrected chi connectivity index (χ0v) is 10.8. The van der Waals surface area contributed by atoms with Gasteiger partial charge in [-0.25, -0.2) is 0 Å². The Balaban J connectivity index is 2.27. The number of rotatable bonds is 4. The highest BCUT2D eigenvalue weighted by Gasteiger charge is 2.28. The highest BCUT2D eigenvalue weighted by Crippen LogP contribution is 2.26. The molecular weight excluding hydrogens is 288 g/mol. The van der Waals surface area contributed by atoms with Gasteiger partial charge in [0.15, 0.2) is 5.71 Å². The summed E-state index contributed by atoms with van der Waals surface area (Å²) in [6.45, 7) is 0.462. The first-order valence-electron chi connectivity index (χ1n) is 5.01. The van der Waals surface area contributed by atoms with E-state index in [2.05, 4.69) is 26.2 Å². The number of alkyl halides is 1. The van der Waals surface area contributed by atoms with E-state index in [1.54, 1.807) is 0 Å². The quantitative estimate of drug-likeness (QED) is 0.486. The van der Waals surface area contributed by atoms with Gasteiger partial charge in [-0.2, -0.15) is 0 Å². The summed E-state index contributed by atoms with van der Waals surface area (Å²) in [6, 6.07) is 7.51. The minimum Gasteiger partial charge on any atom is -0.434 e. The van der Waals surface area contributed by atoms with E-state index in [1.807, 2.05) is 24.3 Å². The monoisotopic (exact) mass is 298 g/mol. The average molecular weight is 299 g/mol. The van der Waals surface area contributed by atoms with Crippen molar-refractivity contribution in [2.75, 3.05) is 19.0 Å². The van der Waals surface area contributed by atoms with Crippen molar-refractivity contribution in [1.29, 1.82) is 0 Å². The van der Waals surface area contributed by atoms with E-state index in [0.717, 1.165) is 5.56 Å². The summed E-state index contributed by atoms with van der Waals surface area (Å²) in [5.41, 5.74) is 1.38. The van der Waals surface area contributed by atoms with Crippen LogP contribution in [-0.4, -0.2) is 30.7 Å². The summed E-state index contributed by atoms with van der Waals surface area (Å²) in [4.78, 5) is 9.84. The Labute approximate surface area is 107 Å². The molecule has 0 saturated heterocycles. The van der Waals surface area contributed by atoms with E-state index in [-0.39, 0.29) is 0 Å². The fourth-order valence-corrected chi connectivity index (χ4v) is 1.54. The van der Waals surface area contributed by atoms with Gasteiger partial charge in [0.05, 0.1) is 5.56 Å². The Kier molecular flexibility index (Phi) is 3.98. The van der Waals surface area contributed by atoms with Crippen LogP contribution >= 0.6 is 15.9 Å². The van der Waals surface area contributed by atoms with E-state index in [4.69, 9.17) is 14.4 Å². The van der Waals surface area contributed by atoms with Crippen molar-refractivity contribution in [2.24, 2.45) is 10.3 Å². The molecule has 0 spiro atoms. The lowest BCUT2D eigenvalue weighted by molar-refractivity contribution is 0.157. The molecule has 0 saturated carbocycles. The minimum atomic E-state index is 0.314. The summed E-state index contributed by atoms with van der Waals surface area (Å²) >= 11 is 3.24. The van der Waals surface area contributed by atoms with Crippen molar-refractivity contribution in [1.82, 2.24) is 0 Å². The van der Waals surface area contributed by atoms with Gasteiger partial charge in [0.1, 0.15) is 19.5 Å². The largest absolute Gasteiger partial charge is 0.434 e. The molecule has 0 unspecified atom stereocenters. The fourth-order valence-electron chi connectivity index (χ4n) is 1.40. The van der Waals surface area contributed by atoms with Crippen LogP contribution in [0.4, 0.5) is 0 Å². The molecule has 0 aliphatic carbocycles. The average Bonchev–Trinajstić information content (AvgIpc) is 2.69. The number of hydrogen-bond donors (Lipinski definition) is 0. The molecule has 0 aromatic heterocycles. The molecular formula is C11H11BrN2O3. The molecule has 1 aromatic carbocycles. The Bertz CT molecular complexity index is 460. The molecule has 5 nitrogen and oxygen atoms in total. The summed E-state index contributed by atoms with van der Waals surface area (Å²) in [6.07, 6.45) is 0. The second kappa shape index (κ2) is 5.67. The van der Waals surface area contributed by atoms with E-state index in [9.17, 15) is 0 Å². The van der Waals surface area contributed by atoms with Crippen molar-refractivity contribution in [3.05, 3.63) is 29.8 Å². The van der Waals surface area contributed by atoms with Crippen molar-refractivity contribution in [2.45, 2.75) is 0 Å². The third-order valence-corrected chi connectivity index (χ3v) is 2.37. The molecule has 0 fully saturated rings. The second-order valence-corrected chi connectivity index (χ2v) is 3.93. The molecule has 0 radical (unpaired) electrons. The summed E-state index contributed by atoms with van der Waals surface area (Å²) < 4.78 is 5.52. The first-order chi connectivity index (χ1) is 8.36. The van der Waals surface area contributed by atoms with Crippen LogP contribution in [0.15, 0.2) is 34.6 Å². The fraction of sp³-hybridized carbons (Fsp3) is 0.273. The highest BCUT2D eigenvalue weighted by molar-refractivity contribution is 9.09. The van der Waals surface area contributed by atoms with Gasteiger partial charge in [0, 0.05) is 5.33 Å². The number of oxime groups is 2. The van der Waals surface area contributed by atoms with Crippen molar-refractivity contribution in [3.8, 4) is 5.75 Å². The predicted molar refractivity (Wildman–Crippen MR) is 67.8 cm³/mol. The Morgan fingerprint density at radius 1 is 1.29 bits per heavy atom. The van der Waals surface area contributed by atoms with E-state index in [1.165, 1.54) is 7.11 Å². The topological polar surface area (TPSA) is 52.4 Å². The molecule has 0 bridgehead atoms. The Morgan fingerprint density at radius 3 is 2.88 bits per heavy atom. The SMILES string of the molecule is CO/N=C1\C(=N/OCCBr)Oc2ccccc21. The third kappa shape index (κ3) is 2.58. The lowest BCUT2D eigenvalue weighted by Crippen LogP contribution is -2.14. The first kappa shape index (κ1) is 11.9. The number of benzene rings is 1. The summed E-state index contributed by atoms with van der Waals surface area (Å²) in [5, 5.41) is 8.48. The standard InChI is InChI=1S/C11H11BrN2O3/c1-15-13-10-8-4-2-3-5-9(8)17-11(10)14-16-7-6-12/h2-5H,6-7H2,1H3/b13-10-,14-11+. The summed E-state index contributed by atoms with van der Waals surface area (Å²) in [5.74, 6) is 1.01. The minimum absolute atomic E-state index is 0.314. The molecule has 1 heterocycles. The number of ether oxygens (including phenoxy) is 1. The van der Waals surface area contributed by atoms with Crippen LogP contribution in [0.1, 0.15) is 5.56 Å². The van der Waals surface area contributed by atoms with Crippen LogP contribution in [0.5, 0.6) is 5.75 Å². The zero-order valence-electron chi connectivity index (χ0n) is 9.22. The second-order valence-electron chi connectivity index (χ2n) is 3.14. The number of hydrogen-bond acceptors (Lipinski definition) is 5. The maximum atomic E-state index is 5.52. The molecule has 6 heteroatoms. The number of fused-ring (bicyclic) bond motifs is 1. The van der Waals surface area contributed by atoms with Gasteiger partial charge in [0.2, 0.25) is 0 Å².